The molecule has 0 aromatic heterocycles. The predicted molar refractivity (Wildman–Crippen MR) is 64.4 cm³/mol. The Balaban J connectivity index is 3.13. The van der Waals surface area contributed by atoms with Crippen LogP contribution in [0.25, 0.3) is 0 Å². The van der Waals surface area contributed by atoms with Gasteiger partial charge in [0, 0.05) is 6.04 Å². The third kappa shape index (κ3) is 8.52. The van der Waals surface area contributed by atoms with Crippen LogP contribution in [0, 0.1) is 11.8 Å². The Hall–Kier alpha value is -0.0800. The van der Waals surface area contributed by atoms with Crippen molar-refractivity contribution in [2.24, 2.45) is 17.6 Å². The number of unbranched alkanes of at least 4 members (excludes halogenated alkanes) is 1. The Kier molecular flexibility index (Phi) is 8.20. The monoisotopic (exact) mass is 200 g/mol. The third-order valence-corrected chi connectivity index (χ3v) is 2.75. The van der Waals surface area contributed by atoms with Crippen LogP contribution in [0.15, 0.2) is 0 Å². The summed E-state index contributed by atoms with van der Waals surface area (Å²) < 4.78 is 0. The molecule has 0 rings (SSSR count). The molecule has 0 heterocycles. The van der Waals surface area contributed by atoms with Crippen LogP contribution in [0.1, 0.15) is 47.0 Å². The highest BCUT2D eigenvalue weighted by Gasteiger charge is 2.05. The Morgan fingerprint density at radius 3 is 2.21 bits per heavy atom. The number of hydrogen-bond acceptors (Lipinski definition) is 2. The Bertz CT molecular complexity index is 121. The molecule has 2 atom stereocenters. The van der Waals surface area contributed by atoms with Gasteiger partial charge in [-0.2, -0.15) is 0 Å². The second kappa shape index (κ2) is 8.25. The lowest BCUT2D eigenvalue weighted by atomic mass is 10.0. The van der Waals surface area contributed by atoms with Gasteiger partial charge in [-0.1, -0.05) is 33.6 Å². The van der Waals surface area contributed by atoms with Crippen LogP contribution < -0.4 is 11.1 Å². The van der Waals surface area contributed by atoms with Crippen LogP contribution >= 0.6 is 0 Å². The van der Waals surface area contributed by atoms with Gasteiger partial charge in [0.1, 0.15) is 0 Å². The normalized spacial score (nSPS) is 15.9. The first-order chi connectivity index (χ1) is 6.54. The zero-order valence-corrected chi connectivity index (χ0v) is 10.3. The van der Waals surface area contributed by atoms with Gasteiger partial charge >= 0.3 is 0 Å². The first-order valence-electron chi connectivity index (χ1n) is 6.00. The van der Waals surface area contributed by atoms with E-state index in [1.54, 1.807) is 0 Å². The first kappa shape index (κ1) is 13.9. The summed E-state index contributed by atoms with van der Waals surface area (Å²) in [6.07, 6.45) is 3.99. The SMILES string of the molecule is CC(C)CCCCNCC(C)C(C)N. The maximum Gasteiger partial charge on any atom is 0.00482 e. The molecule has 0 aliphatic rings. The molecule has 0 saturated carbocycles. The molecule has 86 valence electrons. The first-order valence-corrected chi connectivity index (χ1v) is 6.00. The molecule has 0 bridgehead atoms. The number of hydrogen-bond donors (Lipinski definition) is 2. The quantitative estimate of drug-likeness (QED) is 0.590. The van der Waals surface area contributed by atoms with Crippen molar-refractivity contribution in [3.8, 4) is 0 Å². The maximum atomic E-state index is 5.78. The van der Waals surface area contributed by atoms with E-state index < -0.39 is 0 Å². The summed E-state index contributed by atoms with van der Waals surface area (Å²) in [6, 6.07) is 0.304. The van der Waals surface area contributed by atoms with Gasteiger partial charge < -0.3 is 11.1 Å². The van der Waals surface area contributed by atoms with Crippen LogP contribution in [0.2, 0.25) is 0 Å². The van der Waals surface area contributed by atoms with E-state index in [1.165, 1.54) is 19.3 Å². The fraction of sp³-hybridized carbons (Fsp3) is 1.00. The second-order valence-electron chi connectivity index (χ2n) is 4.93. The van der Waals surface area contributed by atoms with Crippen molar-refractivity contribution in [2.75, 3.05) is 13.1 Å². The molecular formula is C12H28N2. The van der Waals surface area contributed by atoms with Gasteiger partial charge in [0.05, 0.1) is 0 Å². The van der Waals surface area contributed by atoms with Gasteiger partial charge in [-0.25, -0.2) is 0 Å². The van der Waals surface area contributed by atoms with Crippen molar-refractivity contribution in [3.63, 3.8) is 0 Å². The van der Waals surface area contributed by atoms with E-state index in [4.69, 9.17) is 5.73 Å². The van der Waals surface area contributed by atoms with Crippen LogP contribution in [0.5, 0.6) is 0 Å². The smallest absolute Gasteiger partial charge is 0.00482 e. The predicted octanol–water partition coefficient (Wildman–Crippen LogP) is 2.39. The molecule has 0 aromatic carbocycles. The van der Waals surface area contributed by atoms with Gasteiger partial charge in [-0.15, -0.1) is 0 Å². The fourth-order valence-corrected chi connectivity index (χ4v) is 1.32. The van der Waals surface area contributed by atoms with Gasteiger partial charge in [-0.05, 0) is 38.3 Å². The van der Waals surface area contributed by atoms with E-state index in [0.29, 0.717) is 12.0 Å². The Morgan fingerprint density at radius 1 is 1.07 bits per heavy atom. The maximum absolute atomic E-state index is 5.78. The lowest BCUT2D eigenvalue weighted by Crippen LogP contribution is -2.33. The summed E-state index contributed by atoms with van der Waals surface area (Å²) >= 11 is 0. The molecule has 0 saturated heterocycles. The van der Waals surface area contributed by atoms with E-state index in [2.05, 4.69) is 33.0 Å². The molecule has 0 aliphatic heterocycles. The lowest BCUT2D eigenvalue weighted by Gasteiger charge is -2.16. The number of nitrogens with one attached hydrogen (secondary N) is 1. The molecule has 0 radical (unpaired) electrons. The minimum atomic E-state index is 0.304. The average molecular weight is 200 g/mol. The van der Waals surface area contributed by atoms with E-state index in [0.717, 1.165) is 19.0 Å². The molecule has 0 amide bonds. The van der Waals surface area contributed by atoms with Crippen LogP contribution in [-0.4, -0.2) is 19.1 Å². The summed E-state index contributed by atoms with van der Waals surface area (Å²) in [5.41, 5.74) is 5.78. The van der Waals surface area contributed by atoms with Crippen LogP contribution in [0.4, 0.5) is 0 Å². The van der Waals surface area contributed by atoms with Crippen molar-refractivity contribution in [1.29, 1.82) is 0 Å². The van der Waals surface area contributed by atoms with E-state index in [9.17, 15) is 0 Å². The molecule has 14 heavy (non-hydrogen) atoms. The number of rotatable bonds is 8. The molecule has 0 spiro atoms. The van der Waals surface area contributed by atoms with Crippen molar-refractivity contribution in [1.82, 2.24) is 5.32 Å². The van der Waals surface area contributed by atoms with Gasteiger partial charge in [0.2, 0.25) is 0 Å². The minimum absolute atomic E-state index is 0.304. The largest absolute Gasteiger partial charge is 0.328 e. The highest BCUT2D eigenvalue weighted by molar-refractivity contribution is 4.65. The highest BCUT2D eigenvalue weighted by atomic mass is 14.9. The van der Waals surface area contributed by atoms with E-state index in [1.807, 2.05) is 0 Å². The number of nitrogens with two attached hydrogens (primary N) is 1. The molecule has 2 unspecified atom stereocenters. The zero-order valence-electron chi connectivity index (χ0n) is 10.3. The van der Waals surface area contributed by atoms with Crippen LogP contribution in [-0.2, 0) is 0 Å². The molecule has 2 heteroatoms. The lowest BCUT2D eigenvalue weighted by molar-refractivity contribution is 0.436. The van der Waals surface area contributed by atoms with Gasteiger partial charge in [-0.3, -0.25) is 0 Å². The Morgan fingerprint density at radius 2 is 1.71 bits per heavy atom. The van der Waals surface area contributed by atoms with Gasteiger partial charge in [0.15, 0.2) is 0 Å². The fourth-order valence-electron chi connectivity index (χ4n) is 1.32. The van der Waals surface area contributed by atoms with Crippen molar-refractivity contribution < 1.29 is 0 Å². The highest BCUT2D eigenvalue weighted by Crippen LogP contribution is 2.05. The summed E-state index contributed by atoms with van der Waals surface area (Å²) in [4.78, 5) is 0. The standard InChI is InChI=1S/C12H28N2/c1-10(2)7-5-6-8-14-9-11(3)12(4)13/h10-12,14H,5-9,13H2,1-4H3. The zero-order chi connectivity index (χ0) is 11.0. The molecule has 3 N–H and O–H groups in total. The molecule has 2 nitrogen and oxygen atoms in total. The molecule has 0 aromatic rings. The van der Waals surface area contributed by atoms with E-state index >= 15 is 0 Å². The van der Waals surface area contributed by atoms with Crippen molar-refractivity contribution in [3.05, 3.63) is 0 Å². The Labute approximate surface area is 89.6 Å². The summed E-state index contributed by atoms with van der Waals surface area (Å²) in [6.45, 7) is 11.0. The minimum Gasteiger partial charge on any atom is -0.328 e. The summed E-state index contributed by atoms with van der Waals surface area (Å²) in [5.74, 6) is 1.43. The second-order valence-corrected chi connectivity index (χ2v) is 4.93. The van der Waals surface area contributed by atoms with Crippen molar-refractivity contribution in [2.45, 2.75) is 53.0 Å². The van der Waals surface area contributed by atoms with Crippen molar-refractivity contribution >= 4 is 0 Å². The van der Waals surface area contributed by atoms with E-state index in [-0.39, 0.29) is 0 Å². The average Bonchev–Trinajstić information content (AvgIpc) is 2.09. The summed E-state index contributed by atoms with van der Waals surface area (Å²) in [7, 11) is 0. The summed E-state index contributed by atoms with van der Waals surface area (Å²) in [5, 5.41) is 3.46. The molecular weight excluding hydrogens is 172 g/mol. The van der Waals surface area contributed by atoms with Crippen LogP contribution in [0.3, 0.4) is 0 Å². The molecule has 0 aliphatic carbocycles. The third-order valence-electron chi connectivity index (χ3n) is 2.75. The molecule has 0 fully saturated rings. The topological polar surface area (TPSA) is 38.0 Å². The van der Waals surface area contributed by atoms with Gasteiger partial charge in [0.25, 0.3) is 0 Å².